The first-order valence-corrected chi connectivity index (χ1v) is 9.99. The standard InChI is InChI=1S/C18H30N4OS.HI/c1-19-18(20-10-13-24-3)21-14-17(22-11-4-5-12-22)15-6-8-16(23-2)9-7-15;/h6-9,17H,4-5,10-14H2,1-3H3,(H2,19,20,21);1H. The van der Waals surface area contributed by atoms with Gasteiger partial charge in [0.05, 0.1) is 13.2 Å². The van der Waals surface area contributed by atoms with Gasteiger partial charge in [-0.05, 0) is 49.9 Å². The van der Waals surface area contributed by atoms with Gasteiger partial charge in [-0.15, -0.1) is 24.0 Å². The van der Waals surface area contributed by atoms with Gasteiger partial charge in [-0.3, -0.25) is 9.89 Å². The summed E-state index contributed by atoms with van der Waals surface area (Å²) < 4.78 is 5.28. The van der Waals surface area contributed by atoms with Crippen molar-refractivity contribution < 1.29 is 4.74 Å². The molecule has 0 amide bonds. The number of nitrogens with zero attached hydrogens (tertiary/aromatic N) is 2. The zero-order valence-electron chi connectivity index (χ0n) is 15.5. The van der Waals surface area contributed by atoms with Gasteiger partial charge in [-0.1, -0.05) is 12.1 Å². The van der Waals surface area contributed by atoms with Crippen LogP contribution in [-0.4, -0.2) is 63.2 Å². The second kappa shape index (κ2) is 12.6. The molecule has 1 aliphatic heterocycles. The van der Waals surface area contributed by atoms with E-state index in [9.17, 15) is 0 Å². The van der Waals surface area contributed by atoms with E-state index >= 15 is 0 Å². The van der Waals surface area contributed by atoms with Crippen molar-refractivity contribution in [3.63, 3.8) is 0 Å². The molecular formula is C18H31IN4OS. The first-order valence-electron chi connectivity index (χ1n) is 8.60. The van der Waals surface area contributed by atoms with E-state index in [1.165, 1.54) is 18.4 Å². The lowest BCUT2D eigenvalue weighted by Crippen LogP contribution is -2.43. The Kier molecular flexibility index (Phi) is 11.3. The molecule has 0 aliphatic carbocycles. The lowest BCUT2D eigenvalue weighted by atomic mass is 10.1. The molecule has 1 aromatic rings. The zero-order chi connectivity index (χ0) is 17.2. The Balaban J connectivity index is 0.00000312. The Morgan fingerprint density at radius 3 is 2.48 bits per heavy atom. The Morgan fingerprint density at radius 1 is 1.24 bits per heavy atom. The van der Waals surface area contributed by atoms with Crippen LogP contribution in [0.3, 0.4) is 0 Å². The second-order valence-electron chi connectivity index (χ2n) is 5.90. The van der Waals surface area contributed by atoms with Crippen molar-refractivity contribution in [2.24, 2.45) is 4.99 Å². The molecule has 1 aliphatic rings. The van der Waals surface area contributed by atoms with Crippen LogP contribution in [0.25, 0.3) is 0 Å². The van der Waals surface area contributed by atoms with Crippen LogP contribution >= 0.6 is 35.7 Å². The maximum atomic E-state index is 5.28. The number of guanidine groups is 1. The van der Waals surface area contributed by atoms with Gasteiger partial charge in [-0.25, -0.2) is 0 Å². The smallest absolute Gasteiger partial charge is 0.191 e. The van der Waals surface area contributed by atoms with E-state index in [1.54, 1.807) is 7.11 Å². The van der Waals surface area contributed by atoms with Crippen LogP contribution in [0.4, 0.5) is 0 Å². The number of hydrogen-bond acceptors (Lipinski definition) is 4. The van der Waals surface area contributed by atoms with E-state index in [0.717, 1.165) is 43.6 Å². The topological polar surface area (TPSA) is 48.9 Å². The van der Waals surface area contributed by atoms with Crippen LogP contribution in [0, 0.1) is 0 Å². The predicted octanol–water partition coefficient (Wildman–Crippen LogP) is 2.98. The zero-order valence-corrected chi connectivity index (χ0v) is 18.6. The molecule has 7 heteroatoms. The monoisotopic (exact) mass is 478 g/mol. The van der Waals surface area contributed by atoms with Gasteiger partial charge in [0, 0.05) is 25.9 Å². The number of aliphatic imine (C=N–C) groups is 1. The van der Waals surface area contributed by atoms with Crippen molar-refractivity contribution in [1.82, 2.24) is 15.5 Å². The van der Waals surface area contributed by atoms with Crippen molar-refractivity contribution in [1.29, 1.82) is 0 Å². The summed E-state index contributed by atoms with van der Waals surface area (Å²) in [5.74, 6) is 2.86. The van der Waals surface area contributed by atoms with Gasteiger partial charge in [0.2, 0.25) is 0 Å². The Hall–Kier alpha value is -0.670. The second-order valence-corrected chi connectivity index (χ2v) is 6.89. The molecule has 25 heavy (non-hydrogen) atoms. The average molecular weight is 478 g/mol. The fraction of sp³-hybridized carbons (Fsp3) is 0.611. The van der Waals surface area contributed by atoms with Crippen LogP contribution in [-0.2, 0) is 0 Å². The Bertz CT molecular complexity index is 506. The molecule has 1 fully saturated rings. The minimum absolute atomic E-state index is 0. The number of likely N-dealkylation sites (tertiary alicyclic amines) is 1. The fourth-order valence-corrected chi connectivity index (χ4v) is 3.33. The minimum atomic E-state index is 0. The van der Waals surface area contributed by atoms with Crippen LogP contribution in [0.2, 0.25) is 0 Å². The minimum Gasteiger partial charge on any atom is -0.497 e. The van der Waals surface area contributed by atoms with Crippen molar-refractivity contribution in [2.75, 3.05) is 52.3 Å². The highest BCUT2D eigenvalue weighted by Gasteiger charge is 2.23. The number of benzene rings is 1. The summed E-state index contributed by atoms with van der Waals surface area (Å²) in [5, 5.41) is 6.85. The molecule has 0 radical (unpaired) electrons. The van der Waals surface area contributed by atoms with E-state index in [0.29, 0.717) is 6.04 Å². The summed E-state index contributed by atoms with van der Waals surface area (Å²) >= 11 is 1.83. The molecule has 1 saturated heterocycles. The van der Waals surface area contributed by atoms with E-state index in [2.05, 4.69) is 38.9 Å². The highest BCUT2D eigenvalue weighted by Crippen LogP contribution is 2.26. The molecule has 2 N–H and O–H groups in total. The maximum Gasteiger partial charge on any atom is 0.191 e. The lowest BCUT2D eigenvalue weighted by Gasteiger charge is -2.29. The van der Waals surface area contributed by atoms with Gasteiger partial charge < -0.3 is 15.4 Å². The molecule has 0 aromatic heterocycles. The summed E-state index contributed by atoms with van der Waals surface area (Å²) in [5.41, 5.74) is 1.32. The van der Waals surface area contributed by atoms with Gasteiger partial charge in [-0.2, -0.15) is 11.8 Å². The quantitative estimate of drug-likeness (QED) is 0.261. The SMILES string of the molecule is CN=C(NCCSC)NCC(c1ccc(OC)cc1)N1CCCC1.I. The van der Waals surface area contributed by atoms with Crippen LogP contribution in [0.1, 0.15) is 24.4 Å². The molecule has 142 valence electrons. The van der Waals surface area contributed by atoms with Crippen molar-refractivity contribution in [3.05, 3.63) is 29.8 Å². The molecule has 0 spiro atoms. The summed E-state index contributed by atoms with van der Waals surface area (Å²) in [6, 6.07) is 8.80. The normalized spacial score (nSPS) is 16.2. The molecule has 0 saturated carbocycles. The third-order valence-corrected chi connectivity index (χ3v) is 4.98. The first kappa shape index (κ1) is 22.4. The number of ether oxygens (including phenoxy) is 1. The number of nitrogens with one attached hydrogen (secondary N) is 2. The lowest BCUT2D eigenvalue weighted by molar-refractivity contribution is 0.245. The van der Waals surface area contributed by atoms with E-state index in [4.69, 9.17) is 4.74 Å². The molecule has 5 nitrogen and oxygen atoms in total. The van der Waals surface area contributed by atoms with E-state index in [-0.39, 0.29) is 24.0 Å². The number of methoxy groups -OCH3 is 1. The number of rotatable bonds is 8. The van der Waals surface area contributed by atoms with Crippen molar-refractivity contribution in [2.45, 2.75) is 18.9 Å². The molecule has 1 heterocycles. The van der Waals surface area contributed by atoms with Gasteiger partial charge in [0.15, 0.2) is 5.96 Å². The Morgan fingerprint density at radius 2 is 1.92 bits per heavy atom. The van der Waals surface area contributed by atoms with Crippen LogP contribution < -0.4 is 15.4 Å². The third-order valence-electron chi connectivity index (χ3n) is 4.37. The highest BCUT2D eigenvalue weighted by molar-refractivity contribution is 14.0. The Labute approximate surface area is 173 Å². The van der Waals surface area contributed by atoms with Crippen LogP contribution in [0.5, 0.6) is 5.75 Å². The molecule has 1 atom stereocenters. The van der Waals surface area contributed by atoms with Gasteiger partial charge >= 0.3 is 0 Å². The third kappa shape index (κ3) is 7.22. The fourth-order valence-electron chi connectivity index (χ4n) is 3.02. The number of thioether (sulfide) groups is 1. The first-order chi connectivity index (χ1) is 11.8. The summed E-state index contributed by atoms with van der Waals surface area (Å²) in [6.45, 7) is 4.11. The molecule has 1 aromatic carbocycles. The summed E-state index contributed by atoms with van der Waals surface area (Å²) in [4.78, 5) is 6.89. The van der Waals surface area contributed by atoms with Gasteiger partial charge in [0.25, 0.3) is 0 Å². The summed E-state index contributed by atoms with van der Waals surface area (Å²) in [6.07, 6.45) is 4.69. The summed E-state index contributed by atoms with van der Waals surface area (Å²) in [7, 11) is 3.53. The number of halogens is 1. The molecule has 1 unspecified atom stereocenters. The van der Waals surface area contributed by atoms with Crippen molar-refractivity contribution >= 4 is 41.7 Å². The van der Waals surface area contributed by atoms with Crippen LogP contribution in [0.15, 0.2) is 29.3 Å². The van der Waals surface area contributed by atoms with E-state index in [1.807, 2.05) is 30.9 Å². The van der Waals surface area contributed by atoms with Crippen molar-refractivity contribution in [3.8, 4) is 5.75 Å². The maximum absolute atomic E-state index is 5.28. The largest absolute Gasteiger partial charge is 0.497 e. The van der Waals surface area contributed by atoms with E-state index < -0.39 is 0 Å². The van der Waals surface area contributed by atoms with Gasteiger partial charge in [0.1, 0.15) is 5.75 Å². The average Bonchev–Trinajstić information content (AvgIpc) is 3.15. The molecular weight excluding hydrogens is 447 g/mol. The number of hydrogen-bond donors (Lipinski definition) is 2. The predicted molar refractivity (Wildman–Crippen MR) is 120 cm³/mol. The highest BCUT2D eigenvalue weighted by atomic mass is 127. The molecule has 2 rings (SSSR count). The molecule has 0 bridgehead atoms.